The molecule has 3 heteroatoms. The third kappa shape index (κ3) is 5.05. The average molecular weight is 212 g/mol. The topological polar surface area (TPSA) is 33.6 Å². The normalized spacial score (nSPS) is 18.9. The molecule has 0 aromatic carbocycles. The summed E-state index contributed by atoms with van der Waals surface area (Å²) in [5, 5.41) is 3.25. The first-order valence-electron chi connectivity index (χ1n) is 6.22. The first-order chi connectivity index (χ1) is 7.36. The molecule has 1 saturated carbocycles. The summed E-state index contributed by atoms with van der Waals surface area (Å²) in [6.45, 7) is 3.16. The van der Waals surface area contributed by atoms with E-state index in [1.807, 2.05) is 0 Å². The van der Waals surface area contributed by atoms with Gasteiger partial charge < -0.3 is 10.1 Å². The third-order valence-corrected chi connectivity index (χ3v) is 2.87. The lowest BCUT2D eigenvalue weighted by atomic mass is 9.96. The van der Waals surface area contributed by atoms with Gasteiger partial charge in [0.1, 0.15) is 0 Å². The van der Waals surface area contributed by atoms with Crippen LogP contribution in [0.15, 0.2) is 4.99 Å². The van der Waals surface area contributed by atoms with E-state index in [0.29, 0.717) is 6.04 Å². The van der Waals surface area contributed by atoms with Crippen LogP contribution >= 0.6 is 0 Å². The quantitative estimate of drug-likeness (QED) is 0.441. The Hall–Kier alpha value is -0.730. The molecule has 1 aliphatic carbocycles. The Morgan fingerprint density at radius 2 is 2.07 bits per heavy atom. The SMILES string of the molecule is CCCCN/C(=N/C1CCCCC1)OC. The van der Waals surface area contributed by atoms with E-state index in [0.717, 1.165) is 12.6 Å². The highest BCUT2D eigenvalue weighted by molar-refractivity contribution is 5.73. The number of methoxy groups -OCH3 is 1. The molecule has 0 heterocycles. The van der Waals surface area contributed by atoms with Crippen molar-refractivity contribution in [3.63, 3.8) is 0 Å². The van der Waals surface area contributed by atoms with Crippen molar-refractivity contribution in [2.45, 2.75) is 57.9 Å². The van der Waals surface area contributed by atoms with Gasteiger partial charge in [0.25, 0.3) is 6.02 Å². The maximum atomic E-state index is 5.24. The first-order valence-corrected chi connectivity index (χ1v) is 6.22. The van der Waals surface area contributed by atoms with Crippen molar-refractivity contribution in [2.75, 3.05) is 13.7 Å². The zero-order chi connectivity index (χ0) is 10.9. The fourth-order valence-corrected chi connectivity index (χ4v) is 1.92. The van der Waals surface area contributed by atoms with Crippen LogP contribution in [-0.2, 0) is 4.74 Å². The fraction of sp³-hybridized carbons (Fsp3) is 0.917. The maximum Gasteiger partial charge on any atom is 0.284 e. The van der Waals surface area contributed by atoms with Crippen molar-refractivity contribution in [1.82, 2.24) is 5.32 Å². The molecule has 0 aromatic heterocycles. The Morgan fingerprint density at radius 3 is 2.67 bits per heavy atom. The fourth-order valence-electron chi connectivity index (χ4n) is 1.92. The minimum absolute atomic E-state index is 0.489. The van der Waals surface area contributed by atoms with Crippen LogP contribution in [0.1, 0.15) is 51.9 Å². The molecule has 0 saturated heterocycles. The molecule has 0 aliphatic heterocycles. The predicted octanol–water partition coefficient (Wildman–Crippen LogP) is 2.71. The van der Waals surface area contributed by atoms with Crippen molar-refractivity contribution < 1.29 is 4.74 Å². The number of ether oxygens (including phenoxy) is 1. The Labute approximate surface area is 93.3 Å². The predicted molar refractivity (Wildman–Crippen MR) is 64.2 cm³/mol. The number of hydrogen-bond acceptors (Lipinski definition) is 2. The van der Waals surface area contributed by atoms with Gasteiger partial charge in [0.15, 0.2) is 0 Å². The van der Waals surface area contributed by atoms with Crippen LogP contribution < -0.4 is 5.32 Å². The van der Waals surface area contributed by atoms with Crippen molar-refractivity contribution >= 4 is 6.02 Å². The van der Waals surface area contributed by atoms with Gasteiger partial charge >= 0.3 is 0 Å². The molecule has 0 atom stereocenters. The molecule has 1 fully saturated rings. The molecule has 1 N–H and O–H groups in total. The summed E-state index contributed by atoms with van der Waals surface area (Å²) in [6.07, 6.45) is 8.84. The van der Waals surface area contributed by atoms with Gasteiger partial charge in [-0.2, -0.15) is 0 Å². The van der Waals surface area contributed by atoms with E-state index in [4.69, 9.17) is 4.74 Å². The van der Waals surface area contributed by atoms with Crippen LogP contribution in [0.25, 0.3) is 0 Å². The summed E-state index contributed by atoms with van der Waals surface area (Å²) >= 11 is 0. The summed E-state index contributed by atoms with van der Waals surface area (Å²) in [4.78, 5) is 4.61. The molecule has 3 nitrogen and oxygen atoms in total. The van der Waals surface area contributed by atoms with Crippen molar-refractivity contribution in [3.05, 3.63) is 0 Å². The lowest BCUT2D eigenvalue weighted by molar-refractivity contribution is 0.362. The summed E-state index contributed by atoms with van der Waals surface area (Å²) in [5.74, 6) is 0. The molecule has 88 valence electrons. The monoisotopic (exact) mass is 212 g/mol. The van der Waals surface area contributed by atoms with Crippen LogP contribution in [0.3, 0.4) is 0 Å². The Morgan fingerprint density at radius 1 is 1.33 bits per heavy atom. The molecule has 1 aliphatic rings. The summed E-state index contributed by atoms with van der Waals surface area (Å²) in [6, 6.07) is 1.22. The van der Waals surface area contributed by atoms with E-state index in [9.17, 15) is 0 Å². The average Bonchev–Trinajstić information content (AvgIpc) is 2.29. The Kier molecular flexibility index (Phi) is 6.21. The second-order valence-electron chi connectivity index (χ2n) is 4.21. The Bertz CT molecular complexity index is 186. The number of aliphatic imine (C=N–C) groups is 1. The Balaban J connectivity index is 2.30. The van der Waals surface area contributed by atoms with E-state index in [-0.39, 0.29) is 0 Å². The summed E-state index contributed by atoms with van der Waals surface area (Å²) in [5.41, 5.74) is 0. The smallest absolute Gasteiger partial charge is 0.284 e. The second-order valence-corrected chi connectivity index (χ2v) is 4.21. The van der Waals surface area contributed by atoms with Gasteiger partial charge in [0, 0.05) is 6.54 Å². The lowest BCUT2D eigenvalue weighted by Crippen LogP contribution is -2.28. The van der Waals surface area contributed by atoms with Gasteiger partial charge in [-0.25, -0.2) is 4.99 Å². The first kappa shape index (κ1) is 12.3. The molecule has 15 heavy (non-hydrogen) atoms. The number of nitrogens with one attached hydrogen (secondary N) is 1. The van der Waals surface area contributed by atoms with Gasteiger partial charge in [-0.05, 0) is 19.3 Å². The van der Waals surface area contributed by atoms with Gasteiger partial charge in [0.05, 0.1) is 13.2 Å². The van der Waals surface area contributed by atoms with E-state index in [1.54, 1.807) is 7.11 Å². The van der Waals surface area contributed by atoms with E-state index < -0.39 is 0 Å². The number of unbranched alkanes of at least 4 members (excludes halogenated alkanes) is 1. The maximum absolute atomic E-state index is 5.24. The van der Waals surface area contributed by atoms with E-state index in [2.05, 4.69) is 17.2 Å². The van der Waals surface area contributed by atoms with Crippen LogP contribution in [0.2, 0.25) is 0 Å². The molecular weight excluding hydrogens is 188 g/mol. The molecule has 0 amide bonds. The van der Waals surface area contributed by atoms with Gasteiger partial charge in [-0.3, -0.25) is 0 Å². The molecule has 0 unspecified atom stereocenters. The largest absolute Gasteiger partial charge is 0.469 e. The van der Waals surface area contributed by atoms with Crippen LogP contribution in [0.4, 0.5) is 0 Å². The van der Waals surface area contributed by atoms with Crippen LogP contribution in [0.5, 0.6) is 0 Å². The number of hydrogen-bond donors (Lipinski definition) is 1. The highest BCUT2D eigenvalue weighted by Gasteiger charge is 2.13. The van der Waals surface area contributed by atoms with Crippen molar-refractivity contribution in [2.24, 2.45) is 4.99 Å². The van der Waals surface area contributed by atoms with Gasteiger partial charge in [0.2, 0.25) is 0 Å². The minimum Gasteiger partial charge on any atom is -0.469 e. The number of nitrogens with zero attached hydrogens (tertiary/aromatic N) is 1. The van der Waals surface area contributed by atoms with Crippen LogP contribution in [-0.4, -0.2) is 25.7 Å². The number of rotatable bonds is 4. The lowest BCUT2D eigenvalue weighted by Gasteiger charge is -2.19. The highest BCUT2D eigenvalue weighted by Crippen LogP contribution is 2.20. The highest BCUT2D eigenvalue weighted by atomic mass is 16.5. The number of amidine groups is 1. The van der Waals surface area contributed by atoms with Crippen molar-refractivity contribution in [1.29, 1.82) is 0 Å². The van der Waals surface area contributed by atoms with E-state index in [1.165, 1.54) is 44.9 Å². The zero-order valence-electron chi connectivity index (χ0n) is 10.1. The molecule has 0 spiro atoms. The van der Waals surface area contributed by atoms with Gasteiger partial charge in [-0.1, -0.05) is 32.6 Å². The second kappa shape index (κ2) is 7.55. The van der Waals surface area contributed by atoms with Gasteiger partial charge in [-0.15, -0.1) is 0 Å². The standard InChI is InChI=1S/C12H24N2O/c1-3-4-10-13-12(15-2)14-11-8-6-5-7-9-11/h11H,3-10H2,1-2H3,(H,13,14). The molecule has 0 bridgehead atoms. The molecule has 0 radical (unpaired) electrons. The zero-order valence-corrected chi connectivity index (χ0v) is 10.1. The third-order valence-electron chi connectivity index (χ3n) is 2.87. The molecule has 1 rings (SSSR count). The molecular formula is C12H24N2O. The van der Waals surface area contributed by atoms with Crippen LogP contribution in [0, 0.1) is 0 Å². The minimum atomic E-state index is 0.489. The van der Waals surface area contributed by atoms with Crippen molar-refractivity contribution in [3.8, 4) is 0 Å². The van der Waals surface area contributed by atoms with E-state index >= 15 is 0 Å². The summed E-state index contributed by atoms with van der Waals surface area (Å²) < 4.78 is 5.24. The molecule has 0 aromatic rings. The summed E-state index contributed by atoms with van der Waals surface area (Å²) in [7, 11) is 1.70.